The Labute approximate surface area is 226 Å². The van der Waals surface area contributed by atoms with Crippen LogP contribution in [0, 0.1) is 0 Å². The first-order valence-corrected chi connectivity index (χ1v) is 13.8. The Kier molecular flexibility index (Phi) is 7.03. The van der Waals surface area contributed by atoms with Crippen LogP contribution in [0.2, 0.25) is 0 Å². The molecule has 2 aromatic heterocycles. The number of hydrogen-bond acceptors (Lipinski definition) is 5. The number of carbonyl (C=O) groups excluding carboxylic acids is 1. The lowest BCUT2D eigenvalue weighted by Gasteiger charge is -2.23. The summed E-state index contributed by atoms with van der Waals surface area (Å²) in [7, 11) is 1.68. The van der Waals surface area contributed by atoms with Gasteiger partial charge in [-0.25, -0.2) is 4.98 Å². The SMILES string of the molecule is COc1ccc(S[C@@H]2C[C@@H](C(=O)NCc3cn4ccccc4n3)N(Cc3ccc4ccccc4c3)C2)cc1. The molecular weight excluding hydrogens is 492 g/mol. The van der Waals surface area contributed by atoms with Crippen LogP contribution in [-0.4, -0.2) is 45.1 Å². The fourth-order valence-corrected chi connectivity index (χ4v) is 6.40. The van der Waals surface area contributed by atoms with Gasteiger partial charge in [-0.1, -0.05) is 42.5 Å². The molecule has 6 nitrogen and oxygen atoms in total. The fourth-order valence-electron chi connectivity index (χ4n) is 5.18. The third kappa shape index (κ3) is 5.39. The number of aromatic nitrogens is 2. The lowest BCUT2D eigenvalue weighted by molar-refractivity contribution is -0.125. The van der Waals surface area contributed by atoms with Crippen LogP contribution < -0.4 is 10.1 Å². The second-order valence-electron chi connectivity index (χ2n) is 9.69. The first-order valence-electron chi connectivity index (χ1n) is 12.9. The number of ether oxygens (including phenoxy) is 1. The number of thioether (sulfide) groups is 1. The van der Waals surface area contributed by atoms with E-state index >= 15 is 0 Å². The van der Waals surface area contributed by atoms with Gasteiger partial charge in [0.15, 0.2) is 0 Å². The lowest BCUT2D eigenvalue weighted by Crippen LogP contribution is -2.42. The van der Waals surface area contributed by atoms with Crippen molar-refractivity contribution in [1.82, 2.24) is 19.6 Å². The van der Waals surface area contributed by atoms with Gasteiger partial charge in [0.1, 0.15) is 11.4 Å². The van der Waals surface area contributed by atoms with E-state index in [0.29, 0.717) is 11.8 Å². The van der Waals surface area contributed by atoms with Crippen molar-refractivity contribution < 1.29 is 9.53 Å². The fraction of sp³-hybridized carbons (Fsp3) is 0.226. The molecule has 0 bridgehead atoms. The van der Waals surface area contributed by atoms with Crippen LogP contribution in [0.25, 0.3) is 16.4 Å². The predicted molar refractivity (Wildman–Crippen MR) is 152 cm³/mol. The van der Waals surface area contributed by atoms with Gasteiger partial charge in [0.25, 0.3) is 0 Å². The number of benzene rings is 3. The zero-order valence-electron chi connectivity index (χ0n) is 21.3. The van der Waals surface area contributed by atoms with Gasteiger partial charge in [0.05, 0.1) is 25.4 Å². The highest BCUT2D eigenvalue weighted by Gasteiger charge is 2.37. The van der Waals surface area contributed by atoms with E-state index < -0.39 is 0 Å². The van der Waals surface area contributed by atoms with E-state index in [4.69, 9.17) is 4.74 Å². The van der Waals surface area contributed by atoms with E-state index in [1.165, 1.54) is 21.2 Å². The Balaban J connectivity index is 1.18. The summed E-state index contributed by atoms with van der Waals surface area (Å²) in [6, 6.07) is 28.9. The highest BCUT2D eigenvalue weighted by Crippen LogP contribution is 2.35. The predicted octanol–water partition coefficient (Wildman–Crippen LogP) is 5.55. The Bertz CT molecular complexity index is 1530. The number of rotatable bonds is 8. The average Bonchev–Trinajstić information content (AvgIpc) is 3.55. The number of fused-ring (bicyclic) bond motifs is 2. The molecule has 0 saturated carbocycles. The van der Waals surface area contributed by atoms with Crippen molar-refractivity contribution in [2.24, 2.45) is 0 Å². The van der Waals surface area contributed by atoms with Crippen LogP contribution in [0.15, 0.2) is 102 Å². The molecule has 6 rings (SSSR count). The number of carbonyl (C=O) groups is 1. The highest BCUT2D eigenvalue weighted by atomic mass is 32.2. The lowest BCUT2D eigenvalue weighted by atomic mass is 10.1. The van der Waals surface area contributed by atoms with Crippen molar-refractivity contribution >= 4 is 34.1 Å². The molecule has 0 unspecified atom stereocenters. The van der Waals surface area contributed by atoms with Crippen LogP contribution in [0.3, 0.4) is 0 Å². The maximum Gasteiger partial charge on any atom is 0.237 e. The molecule has 1 N–H and O–H groups in total. The maximum atomic E-state index is 13.5. The molecule has 1 aliphatic rings. The molecule has 3 heterocycles. The molecule has 1 fully saturated rings. The summed E-state index contributed by atoms with van der Waals surface area (Å²) in [5.74, 6) is 0.906. The maximum absolute atomic E-state index is 13.5. The minimum Gasteiger partial charge on any atom is -0.497 e. The number of imidazole rings is 1. The second kappa shape index (κ2) is 10.9. The van der Waals surface area contributed by atoms with Crippen molar-refractivity contribution in [2.75, 3.05) is 13.7 Å². The van der Waals surface area contributed by atoms with E-state index in [1.807, 2.05) is 58.9 Å². The monoisotopic (exact) mass is 522 g/mol. The van der Waals surface area contributed by atoms with Crippen LogP contribution in [0.4, 0.5) is 0 Å². The standard InChI is InChI=1S/C31H30N4O2S/c1-37-26-11-13-27(14-12-26)38-28-17-29(31(36)32-18-25-20-34-15-5-4-8-30(34)33-25)35(21-28)19-22-9-10-23-6-2-3-7-24(23)16-22/h2-16,20,28-29H,17-19,21H2,1H3,(H,32,36)/t28-,29+/m1/s1. The summed E-state index contributed by atoms with van der Waals surface area (Å²) < 4.78 is 7.28. The molecule has 5 aromatic rings. The van der Waals surface area contributed by atoms with Crippen molar-refractivity contribution in [3.05, 3.63) is 109 Å². The largest absolute Gasteiger partial charge is 0.497 e. The van der Waals surface area contributed by atoms with Crippen molar-refractivity contribution in [3.8, 4) is 5.75 Å². The molecule has 1 saturated heterocycles. The molecule has 38 heavy (non-hydrogen) atoms. The third-order valence-corrected chi connectivity index (χ3v) is 8.31. The first kappa shape index (κ1) is 24.5. The van der Waals surface area contributed by atoms with Gasteiger partial charge >= 0.3 is 0 Å². The molecule has 192 valence electrons. The van der Waals surface area contributed by atoms with Crippen LogP contribution in [-0.2, 0) is 17.9 Å². The summed E-state index contributed by atoms with van der Waals surface area (Å²) in [4.78, 5) is 21.7. The summed E-state index contributed by atoms with van der Waals surface area (Å²) >= 11 is 1.83. The number of likely N-dealkylation sites (tertiary alicyclic amines) is 1. The summed E-state index contributed by atoms with van der Waals surface area (Å²) in [6.45, 7) is 1.99. The number of nitrogens with zero attached hydrogens (tertiary/aromatic N) is 3. The number of nitrogens with one attached hydrogen (secondary N) is 1. The molecule has 2 atom stereocenters. The Hall–Kier alpha value is -3.81. The smallest absolute Gasteiger partial charge is 0.237 e. The van der Waals surface area contributed by atoms with Gasteiger partial charge in [-0.2, -0.15) is 0 Å². The highest BCUT2D eigenvalue weighted by molar-refractivity contribution is 8.00. The van der Waals surface area contributed by atoms with Gasteiger partial charge in [-0.15, -0.1) is 11.8 Å². The van der Waals surface area contributed by atoms with E-state index in [0.717, 1.165) is 36.6 Å². The molecule has 7 heteroatoms. The van der Waals surface area contributed by atoms with Crippen molar-refractivity contribution in [3.63, 3.8) is 0 Å². The minimum atomic E-state index is -0.200. The van der Waals surface area contributed by atoms with Crippen LogP contribution in [0.1, 0.15) is 17.7 Å². The number of amides is 1. The zero-order chi connectivity index (χ0) is 25.9. The average molecular weight is 523 g/mol. The van der Waals surface area contributed by atoms with E-state index in [-0.39, 0.29) is 11.9 Å². The van der Waals surface area contributed by atoms with Crippen molar-refractivity contribution in [1.29, 1.82) is 0 Å². The van der Waals surface area contributed by atoms with Gasteiger partial charge in [-0.3, -0.25) is 9.69 Å². The van der Waals surface area contributed by atoms with Gasteiger partial charge in [0, 0.05) is 35.6 Å². The van der Waals surface area contributed by atoms with E-state index in [9.17, 15) is 4.79 Å². The first-order chi connectivity index (χ1) is 18.6. The second-order valence-corrected chi connectivity index (χ2v) is 11.1. The molecule has 0 radical (unpaired) electrons. The van der Waals surface area contributed by atoms with Gasteiger partial charge in [-0.05, 0) is 65.2 Å². The molecular formula is C31H30N4O2S. The normalized spacial score (nSPS) is 17.7. The van der Waals surface area contributed by atoms with E-state index in [1.54, 1.807) is 7.11 Å². The summed E-state index contributed by atoms with van der Waals surface area (Å²) in [6.07, 6.45) is 4.73. The molecule has 3 aromatic carbocycles. The third-order valence-electron chi connectivity index (χ3n) is 7.09. The van der Waals surface area contributed by atoms with Gasteiger partial charge < -0.3 is 14.5 Å². The molecule has 1 aliphatic heterocycles. The van der Waals surface area contributed by atoms with Crippen LogP contribution in [0.5, 0.6) is 5.75 Å². The Morgan fingerprint density at radius 1 is 1.03 bits per heavy atom. The summed E-state index contributed by atoms with van der Waals surface area (Å²) in [5.41, 5.74) is 2.95. The number of methoxy groups -OCH3 is 1. The minimum absolute atomic E-state index is 0.0562. The number of pyridine rings is 1. The van der Waals surface area contributed by atoms with Gasteiger partial charge in [0.2, 0.25) is 5.91 Å². The topological polar surface area (TPSA) is 58.9 Å². The summed E-state index contributed by atoms with van der Waals surface area (Å²) in [5, 5.41) is 5.93. The zero-order valence-corrected chi connectivity index (χ0v) is 22.1. The quantitative estimate of drug-likeness (QED) is 0.290. The molecule has 1 amide bonds. The van der Waals surface area contributed by atoms with Crippen LogP contribution >= 0.6 is 11.8 Å². The van der Waals surface area contributed by atoms with E-state index in [2.05, 4.69) is 69.8 Å². The Morgan fingerprint density at radius 2 is 1.84 bits per heavy atom. The van der Waals surface area contributed by atoms with Crippen molar-refractivity contribution in [2.45, 2.75) is 35.7 Å². The molecule has 0 spiro atoms. The Morgan fingerprint density at radius 3 is 2.66 bits per heavy atom. The number of hydrogen-bond donors (Lipinski definition) is 1. The molecule has 0 aliphatic carbocycles.